The van der Waals surface area contributed by atoms with Gasteiger partial charge in [0.2, 0.25) is 0 Å². The highest BCUT2D eigenvalue weighted by atomic mass is 35.5. The van der Waals surface area contributed by atoms with Crippen LogP contribution in [0.25, 0.3) is 0 Å². The fraction of sp³-hybridized carbons (Fsp3) is 0.364. The Kier molecular flexibility index (Phi) is 4.58. The number of rotatable bonds is 4. The van der Waals surface area contributed by atoms with E-state index in [0.29, 0.717) is 17.2 Å². The summed E-state index contributed by atoms with van der Waals surface area (Å²) in [7, 11) is 0. The van der Waals surface area contributed by atoms with Crippen molar-refractivity contribution in [2.24, 2.45) is 5.84 Å². The predicted molar refractivity (Wildman–Crippen MR) is 63.2 cm³/mol. The van der Waals surface area contributed by atoms with Gasteiger partial charge >= 0.3 is 0 Å². The minimum Gasteiger partial charge on any atom is -0.479 e. The third-order valence-corrected chi connectivity index (χ3v) is 2.46. The Balaban J connectivity index is 2.82. The van der Waals surface area contributed by atoms with Gasteiger partial charge in [-0.05, 0) is 31.0 Å². The van der Waals surface area contributed by atoms with Gasteiger partial charge in [-0.2, -0.15) is 0 Å². The van der Waals surface area contributed by atoms with Crippen molar-refractivity contribution >= 4 is 17.5 Å². The van der Waals surface area contributed by atoms with Crippen LogP contribution in [-0.4, -0.2) is 12.0 Å². The Hall–Kier alpha value is -1.26. The minimum absolute atomic E-state index is 0.362. The molecule has 88 valence electrons. The summed E-state index contributed by atoms with van der Waals surface area (Å²) in [6.45, 7) is 3.77. The Morgan fingerprint density at radius 2 is 2.31 bits per heavy atom. The number of carbonyl (C=O) groups excluding carboxylic acids is 1. The van der Waals surface area contributed by atoms with Crippen molar-refractivity contribution in [3.63, 3.8) is 0 Å². The molecule has 0 radical (unpaired) electrons. The normalized spacial score (nSPS) is 12.0. The van der Waals surface area contributed by atoms with Gasteiger partial charge in [0.1, 0.15) is 5.75 Å². The van der Waals surface area contributed by atoms with Crippen LogP contribution in [0.5, 0.6) is 5.75 Å². The molecule has 1 aromatic rings. The van der Waals surface area contributed by atoms with E-state index >= 15 is 0 Å². The fourth-order valence-corrected chi connectivity index (χ4v) is 1.55. The molecule has 1 aromatic carbocycles. The molecule has 3 N–H and O–H groups in total. The number of ether oxygens (including phenoxy) is 1. The Morgan fingerprint density at radius 1 is 1.62 bits per heavy atom. The Labute approximate surface area is 99.7 Å². The van der Waals surface area contributed by atoms with E-state index in [0.717, 1.165) is 5.56 Å². The molecule has 1 atom stereocenters. The number of hydrazine groups is 1. The van der Waals surface area contributed by atoms with E-state index in [1.165, 1.54) is 0 Å². The van der Waals surface area contributed by atoms with Crippen LogP contribution in [0.2, 0.25) is 5.02 Å². The van der Waals surface area contributed by atoms with E-state index in [1.807, 2.05) is 19.9 Å². The first kappa shape index (κ1) is 12.8. The average Bonchev–Trinajstić information content (AvgIpc) is 2.27. The molecule has 4 nitrogen and oxygen atoms in total. The molecular formula is C11H15ClN2O2. The molecule has 0 bridgehead atoms. The molecule has 0 spiro atoms. The second-order valence-electron chi connectivity index (χ2n) is 3.46. The van der Waals surface area contributed by atoms with Crippen LogP contribution >= 0.6 is 11.6 Å². The lowest BCUT2D eigenvalue weighted by Gasteiger charge is -2.16. The van der Waals surface area contributed by atoms with Gasteiger partial charge in [0, 0.05) is 0 Å². The molecule has 0 heterocycles. The lowest BCUT2D eigenvalue weighted by atomic mass is 10.2. The lowest BCUT2D eigenvalue weighted by Crippen LogP contribution is -2.41. The maximum Gasteiger partial charge on any atom is 0.274 e. The maximum atomic E-state index is 11.3. The number of carbonyl (C=O) groups is 1. The first-order valence-corrected chi connectivity index (χ1v) is 5.39. The highest BCUT2D eigenvalue weighted by Gasteiger charge is 2.18. The highest BCUT2D eigenvalue weighted by Crippen LogP contribution is 2.26. The van der Waals surface area contributed by atoms with Gasteiger partial charge in [0.05, 0.1) is 5.02 Å². The van der Waals surface area contributed by atoms with Crippen molar-refractivity contribution in [2.75, 3.05) is 0 Å². The van der Waals surface area contributed by atoms with Crippen molar-refractivity contribution in [1.29, 1.82) is 0 Å². The van der Waals surface area contributed by atoms with E-state index in [2.05, 4.69) is 5.43 Å². The van der Waals surface area contributed by atoms with Crippen LogP contribution in [-0.2, 0) is 4.79 Å². The molecule has 0 aliphatic rings. The summed E-state index contributed by atoms with van der Waals surface area (Å²) in [5, 5.41) is 0.489. The number of amides is 1. The number of halogens is 1. The topological polar surface area (TPSA) is 64.3 Å². The first-order chi connectivity index (χ1) is 7.58. The van der Waals surface area contributed by atoms with Crippen LogP contribution in [0.15, 0.2) is 18.2 Å². The van der Waals surface area contributed by atoms with Gasteiger partial charge in [-0.15, -0.1) is 0 Å². The van der Waals surface area contributed by atoms with Crippen LogP contribution in [0, 0.1) is 6.92 Å². The first-order valence-electron chi connectivity index (χ1n) is 5.01. The zero-order chi connectivity index (χ0) is 12.1. The molecule has 1 unspecified atom stereocenters. The molecule has 1 rings (SSSR count). The van der Waals surface area contributed by atoms with E-state index in [9.17, 15) is 4.79 Å². The summed E-state index contributed by atoms with van der Waals surface area (Å²) in [6.07, 6.45) is -0.0991. The number of nitrogens with two attached hydrogens (primary N) is 1. The smallest absolute Gasteiger partial charge is 0.274 e. The number of hydrogen-bond donors (Lipinski definition) is 2. The van der Waals surface area contributed by atoms with Crippen molar-refractivity contribution < 1.29 is 9.53 Å². The second kappa shape index (κ2) is 5.72. The largest absolute Gasteiger partial charge is 0.479 e. The highest BCUT2D eigenvalue weighted by molar-refractivity contribution is 6.32. The molecule has 5 heteroatoms. The maximum absolute atomic E-state index is 11.3. The summed E-state index contributed by atoms with van der Waals surface area (Å²) in [5.41, 5.74) is 3.10. The molecule has 0 fully saturated rings. The minimum atomic E-state index is -0.620. The monoisotopic (exact) mass is 242 g/mol. The van der Waals surface area contributed by atoms with Crippen LogP contribution < -0.4 is 16.0 Å². The molecule has 1 amide bonds. The van der Waals surface area contributed by atoms with E-state index < -0.39 is 6.10 Å². The van der Waals surface area contributed by atoms with Gasteiger partial charge in [-0.25, -0.2) is 5.84 Å². The van der Waals surface area contributed by atoms with Crippen LogP contribution in [0.4, 0.5) is 0 Å². The van der Waals surface area contributed by atoms with Gasteiger partial charge in [0.15, 0.2) is 6.10 Å². The molecule has 0 saturated carbocycles. The lowest BCUT2D eigenvalue weighted by molar-refractivity contribution is -0.128. The Bertz CT molecular complexity index is 382. The van der Waals surface area contributed by atoms with Crippen molar-refractivity contribution in [3.05, 3.63) is 28.8 Å². The summed E-state index contributed by atoms with van der Waals surface area (Å²) < 4.78 is 5.48. The molecule has 0 saturated heterocycles. The average molecular weight is 243 g/mol. The number of nitrogens with one attached hydrogen (secondary N) is 1. The zero-order valence-corrected chi connectivity index (χ0v) is 10.0. The third-order valence-electron chi connectivity index (χ3n) is 2.16. The van der Waals surface area contributed by atoms with Crippen molar-refractivity contribution in [1.82, 2.24) is 5.43 Å². The second-order valence-corrected chi connectivity index (χ2v) is 3.86. The zero-order valence-electron chi connectivity index (χ0n) is 9.29. The molecule has 0 aliphatic carbocycles. The van der Waals surface area contributed by atoms with Gasteiger partial charge in [-0.3, -0.25) is 10.2 Å². The van der Waals surface area contributed by atoms with E-state index in [1.54, 1.807) is 12.1 Å². The Morgan fingerprint density at radius 3 is 2.81 bits per heavy atom. The fourth-order valence-electron chi connectivity index (χ4n) is 1.27. The molecule has 0 aromatic heterocycles. The number of benzene rings is 1. The van der Waals surface area contributed by atoms with Crippen LogP contribution in [0.1, 0.15) is 18.9 Å². The van der Waals surface area contributed by atoms with Gasteiger partial charge < -0.3 is 4.74 Å². The van der Waals surface area contributed by atoms with Crippen molar-refractivity contribution in [2.45, 2.75) is 26.4 Å². The summed E-state index contributed by atoms with van der Waals surface area (Å²) >= 11 is 5.99. The summed E-state index contributed by atoms with van der Waals surface area (Å²) in [6, 6.07) is 5.39. The van der Waals surface area contributed by atoms with Crippen molar-refractivity contribution in [3.8, 4) is 5.75 Å². The summed E-state index contributed by atoms with van der Waals surface area (Å²) in [4.78, 5) is 11.3. The molecule has 0 aliphatic heterocycles. The van der Waals surface area contributed by atoms with Gasteiger partial charge in [0.25, 0.3) is 5.91 Å². The van der Waals surface area contributed by atoms with Gasteiger partial charge in [-0.1, -0.05) is 24.6 Å². The molecular weight excluding hydrogens is 228 g/mol. The van der Waals surface area contributed by atoms with E-state index in [4.69, 9.17) is 22.2 Å². The predicted octanol–water partition coefficient (Wildman–Crippen LogP) is 1.80. The number of hydrogen-bond acceptors (Lipinski definition) is 3. The standard InChI is InChI=1S/C11H15ClN2O2/c1-3-9(11(15)14-13)16-10-5-4-7(2)6-8(10)12/h4-6,9H,3,13H2,1-2H3,(H,14,15). The third kappa shape index (κ3) is 3.12. The quantitative estimate of drug-likeness (QED) is 0.481. The van der Waals surface area contributed by atoms with Crippen LogP contribution in [0.3, 0.4) is 0 Å². The SMILES string of the molecule is CCC(Oc1ccc(C)cc1Cl)C(=O)NN. The number of aryl methyl sites for hydroxylation is 1. The van der Waals surface area contributed by atoms with E-state index in [-0.39, 0.29) is 5.91 Å². The molecule has 16 heavy (non-hydrogen) atoms. The summed E-state index contributed by atoms with van der Waals surface area (Å²) in [5.74, 6) is 5.18.